The third-order valence-corrected chi connectivity index (χ3v) is 3.67. The second kappa shape index (κ2) is 8.94. The van der Waals surface area contributed by atoms with Crippen molar-refractivity contribution < 1.29 is 24.2 Å². The van der Waals surface area contributed by atoms with E-state index in [-0.39, 0.29) is 13.0 Å². The van der Waals surface area contributed by atoms with Crippen molar-refractivity contribution in [1.82, 2.24) is 5.32 Å². The molecule has 0 saturated heterocycles. The van der Waals surface area contributed by atoms with E-state index in [1.54, 1.807) is 55.6 Å². The summed E-state index contributed by atoms with van der Waals surface area (Å²) in [4.78, 5) is 23.1. The van der Waals surface area contributed by atoms with E-state index in [2.05, 4.69) is 5.32 Å². The molecule has 0 aliphatic carbocycles. The van der Waals surface area contributed by atoms with E-state index in [1.165, 1.54) is 0 Å². The monoisotopic (exact) mass is 363 g/mol. The summed E-state index contributed by atoms with van der Waals surface area (Å²) < 4.78 is 10.4. The Morgan fingerprint density at radius 3 is 2.24 bits per heavy atom. The third kappa shape index (κ3) is 6.00. The van der Waals surface area contributed by atoms with Crippen molar-refractivity contribution in [1.29, 1.82) is 0 Å². The lowest BCUT2D eigenvalue weighted by molar-refractivity contribution is -0.137. The lowest BCUT2D eigenvalue weighted by Gasteiger charge is -2.18. The number of carboxylic acids is 1. The third-order valence-electron chi connectivity index (χ3n) is 3.42. The second-order valence-electron chi connectivity index (χ2n) is 5.23. The number of rotatable bonds is 8. The van der Waals surface area contributed by atoms with E-state index in [9.17, 15) is 9.59 Å². The second-order valence-corrected chi connectivity index (χ2v) is 5.67. The van der Waals surface area contributed by atoms with Gasteiger partial charge >= 0.3 is 5.97 Å². The Bertz CT molecular complexity index is 715. The summed E-state index contributed by atoms with van der Waals surface area (Å²) in [5, 5.41) is 12.2. The van der Waals surface area contributed by atoms with Crippen molar-refractivity contribution in [2.24, 2.45) is 0 Å². The van der Waals surface area contributed by atoms with Crippen LogP contribution in [0.4, 0.5) is 0 Å². The Morgan fingerprint density at radius 1 is 1.08 bits per heavy atom. The summed E-state index contributed by atoms with van der Waals surface area (Å²) in [5.74, 6) is -0.244. The maximum Gasteiger partial charge on any atom is 0.305 e. The molecule has 25 heavy (non-hydrogen) atoms. The molecule has 1 amide bonds. The Kier molecular flexibility index (Phi) is 6.65. The van der Waals surface area contributed by atoms with Crippen LogP contribution in [-0.4, -0.2) is 30.7 Å². The average molecular weight is 364 g/mol. The van der Waals surface area contributed by atoms with Crippen LogP contribution in [0, 0.1) is 0 Å². The van der Waals surface area contributed by atoms with Crippen molar-refractivity contribution in [3.8, 4) is 11.5 Å². The lowest BCUT2D eigenvalue weighted by atomic mass is 10.0. The molecule has 6 nitrogen and oxygen atoms in total. The average Bonchev–Trinajstić information content (AvgIpc) is 2.60. The Labute approximate surface area is 150 Å². The highest BCUT2D eigenvalue weighted by Gasteiger charge is 2.18. The van der Waals surface area contributed by atoms with Gasteiger partial charge in [0.25, 0.3) is 5.91 Å². The van der Waals surface area contributed by atoms with Gasteiger partial charge < -0.3 is 19.9 Å². The van der Waals surface area contributed by atoms with Crippen molar-refractivity contribution in [3.63, 3.8) is 0 Å². The summed E-state index contributed by atoms with van der Waals surface area (Å²) in [6, 6.07) is 12.8. The Hall–Kier alpha value is -2.73. The van der Waals surface area contributed by atoms with Gasteiger partial charge in [0.1, 0.15) is 11.5 Å². The van der Waals surface area contributed by atoms with E-state index in [1.807, 2.05) is 0 Å². The van der Waals surface area contributed by atoms with Gasteiger partial charge in [-0.3, -0.25) is 9.59 Å². The minimum atomic E-state index is -1.02. The fraction of sp³-hybridized carbons (Fsp3) is 0.222. The summed E-state index contributed by atoms with van der Waals surface area (Å²) in [6.45, 7) is -0.226. The summed E-state index contributed by atoms with van der Waals surface area (Å²) in [6.07, 6.45) is -0.240. The maximum atomic E-state index is 12.1. The minimum Gasteiger partial charge on any atom is -0.497 e. The molecule has 7 heteroatoms. The van der Waals surface area contributed by atoms with E-state index in [0.717, 1.165) is 0 Å². The van der Waals surface area contributed by atoms with Gasteiger partial charge in [0.15, 0.2) is 6.61 Å². The topological polar surface area (TPSA) is 84.9 Å². The fourth-order valence-electron chi connectivity index (χ4n) is 2.18. The van der Waals surface area contributed by atoms with Crippen LogP contribution in [0.15, 0.2) is 48.5 Å². The molecule has 0 aliphatic rings. The molecule has 0 fully saturated rings. The van der Waals surface area contributed by atoms with Gasteiger partial charge in [-0.25, -0.2) is 0 Å². The number of amides is 1. The summed E-state index contributed by atoms with van der Waals surface area (Å²) in [5.41, 5.74) is 0.657. The SMILES string of the molecule is COc1ccc(OCC(=O)N[C@H](CC(=O)O)c2ccc(Cl)cc2)cc1. The van der Waals surface area contributed by atoms with E-state index >= 15 is 0 Å². The van der Waals surface area contributed by atoms with Crippen molar-refractivity contribution in [2.45, 2.75) is 12.5 Å². The van der Waals surface area contributed by atoms with Crippen molar-refractivity contribution >= 4 is 23.5 Å². The van der Waals surface area contributed by atoms with Crippen molar-refractivity contribution in [2.75, 3.05) is 13.7 Å². The van der Waals surface area contributed by atoms with E-state index < -0.39 is 17.9 Å². The van der Waals surface area contributed by atoms with Gasteiger partial charge in [0.2, 0.25) is 0 Å². The molecule has 2 aromatic carbocycles. The number of carbonyl (C=O) groups excluding carboxylic acids is 1. The van der Waals surface area contributed by atoms with Gasteiger partial charge in [0, 0.05) is 5.02 Å². The number of nitrogens with one attached hydrogen (secondary N) is 1. The largest absolute Gasteiger partial charge is 0.497 e. The number of hydrogen-bond acceptors (Lipinski definition) is 4. The molecule has 0 unspecified atom stereocenters. The number of ether oxygens (including phenoxy) is 2. The highest BCUT2D eigenvalue weighted by molar-refractivity contribution is 6.30. The number of benzene rings is 2. The van der Waals surface area contributed by atoms with Crippen LogP contribution in [0.1, 0.15) is 18.0 Å². The van der Waals surface area contributed by atoms with Crippen molar-refractivity contribution in [3.05, 3.63) is 59.1 Å². The van der Waals surface area contributed by atoms with Crippen LogP contribution >= 0.6 is 11.6 Å². The Balaban J connectivity index is 1.96. The molecule has 0 saturated carbocycles. The fourth-order valence-corrected chi connectivity index (χ4v) is 2.30. The van der Waals surface area contributed by atoms with Crippen LogP contribution in [0.3, 0.4) is 0 Å². The minimum absolute atomic E-state index is 0.226. The first-order valence-corrected chi connectivity index (χ1v) is 7.89. The highest BCUT2D eigenvalue weighted by Crippen LogP contribution is 2.20. The first-order chi connectivity index (χ1) is 12.0. The predicted molar refractivity (Wildman–Crippen MR) is 93.1 cm³/mol. The van der Waals surface area contributed by atoms with Crippen LogP contribution in [-0.2, 0) is 9.59 Å². The molecular weight excluding hydrogens is 346 g/mol. The molecule has 0 radical (unpaired) electrons. The van der Waals surface area contributed by atoms with Gasteiger partial charge in [-0.15, -0.1) is 0 Å². The first-order valence-electron chi connectivity index (χ1n) is 7.51. The van der Waals surface area contributed by atoms with Gasteiger partial charge in [-0.1, -0.05) is 23.7 Å². The zero-order valence-corrected chi connectivity index (χ0v) is 14.3. The quantitative estimate of drug-likeness (QED) is 0.753. The molecule has 2 rings (SSSR count). The zero-order valence-electron chi connectivity index (χ0n) is 13.6. The number of hydrogen-bond donors (Lipinski definition) is 2. The van der Waals surface area contributed by atoms with Gasteiger partial charge in [-0.05, 0) is 42.0 Å². The lowest BCUT2D eigenvalue weighted by Crippen LogP contribution is -2.33. The van der Waals surface area contributed by atoms with E-state index in [0.29, 0.717) is 22.1 Å². The van der Waals surface area contributed by atoms with Gasteiger partial charge in [0.05, 0.1) is 19.6 Å². The van der Waals surface area contributed by atoms with Crippen LogP contribution < -0.4 is 14.8 Å². The molecule has 2 aromatic rings. The number of carbonyl (C=O) groups is 2. The van der Waals surface area contributed by atoms with Gasteiger partial charge in [-0.2, -0.15) is 0 Å². The molecule has 1 atom stereocenters. The molecule has 2 N–H and O–H groups in total. The maximum absolute atomic E-state index is 12.1. The number of aliphatic carboxylic acids is 1. The summed E-state index contributed by atoms with van der Waals surface area (Å²) >= 11 is 5.83. The zero-order chi connectivity index (χ0) is 18.2. The molecule has 0 aromatic heterocycles. The Morgan fingerprint density at radius 2 is 1.68 bits per heavy atom. The molecule has 132 valence electrons. The molecule has 0 bridgehead atoms. The molecule has 0 aliphatic heterocycles. The highest BCUT2D eigenvalue weighted by atomic mass is 35.5. The standard InChI is InChI=1S/C18H18ClNO5/c1-24-14-6-8-15(9-7-14)25-11-17(21)20-16(10-18(22)23)12-2-4-13(19)5-3-12/h2-9,16H,10-11H2,1H3,(H,20,21)(H,22,23)/t16-/m1/s1. The molecule has 0 heterocycles. The molecule has 0 spiro atoms. The summed E-state index contributed by atoms with van der Waals surface area (Å²) in [7, 11) is 1.56. The smallest absolute Gasteiger partial charge is 0.305 e. The van der Waals surface area contributed by atoms with Crippen LogP contribution in [0.5, 0.6) is 11.5 Å². The van der Waals surface area contributed by atoms with Crippen LogP contribution in [0.25, 0.3) is 0 Å². The van der Waals surface area contributed by atoms with E-state index in [4.69, 9.17) is 26.2 Å². The number of carboxylic acid groups (broad SMARTS) is 1. The number of methoxy groups -OCH3 is 1. The number of halogens is 1. The predicted octanol–water partition coefficient (Wildman–Crippen LogP) is 3.06. The first kappa shape index (κ1) is 18.6. The molecular formula is C18H18ClNO5. The van der Waals surface area contributed by atoms with Crippen LogP contribution in [0.2, 0.25) is 5.02 Å². The normalized spacial score (nSPS) is 11.4.